The van der Waals surface area contributed by atoms with E-state index >= 15 is 0 Å². The summed E-state index contributed by atoms with van der Waals surface area (Å²) in [7, 11) is -4.52. The molecule has 0 heterocycles. The molecule has 0 amide bonds. The minimum atomic E-state index is -8.08. The molecule has 0 radical (unpaired) electrons. The third kappa shape index (κ3) is 10.9. The maximum absolute atomic E-state index is 13.5. The second-order valence-electron chi connectivity index (χ2n) is 10.8. The van der Waals surface area contributed by atoms with Crippen molar-refractivity contribution in [3.8, 4) is 0 Å². The molecule has 35 heteroatoms. The molecule has 0 aliphatic rings. The van der Waals surface area contributed by atoms with E-state index in [1.807, 2.05) is 0 Å². The fourth-order valence-corrected chi connectivity index (χ4v) is 4.30. The van der Waals surface area contributed by atoms with Crippen molar-refractivity contribution < 1.29 is 150 Å². The Bertz CT molecular complexity index is 1140. The van der Waals surface area contributed by atoms with Crippen molar-refractivity contribution in [2.75, 3.05) is 45.9 Å². The van der Waals surface area contributed by atoms with Crippen molar-refractivity contribution in [1.82, 2.24) is 0 Å². The van der Waals surface area contributed by atoms with Crippen molar-refractivity contribution in [2.24, 2.45) is 5.41 Å². The second-order valence-corrected chi connectivity index (χ2v) is 12.5. The van der Waals surface area contributed by atoms with E-state index in [1.54, 1.807) is 0 Å². The van der Waals surface area contributed by atoms with Gasteiger partial charge in [0.15, 0.2) is 0 Å². The van der Waals surface area contributed by atoms with Gasteiger partial charge in [-0.05, 0) is 6.42 Å². The van der Waals surface area contributed by atoms with Crippen molar-refractivity contribution in [3.05, 3.63) is 0 Å². The minimum absolute atomic E-state index is 0.251. The molecule has 0 rings (SSSR count). The Labute approximate surface area is 291 Å². The molecule has 0 aliphatic heterocycles. The lowest BCUT2D eigenvalue weighted by Gasteiger charge is -2.45. The van der Waals surface area contributed by atoms with E-state index in [0.29, 0.717) is 0 Å². The highest BCUT2D eigenvalue weighted by molar-refractivity contribution is 7.85. The highest BCUT2D eigenvalue weighted by Gasteiger charge is 2.88. The molecule has 338 valence electrons. The predicted molar refractivity (Wildman–Crippen MR) is 119 cm³/mol. The first-order valence-corrected chi connectivity index (χ1v) is 14.8. The molecule has 0 fully saturated rings. The number of halogens is 27. The third-order valence-electron chi connectivity index (χ3n) is 6.52. The first kappa shape index (κ1) is 53.9. The van der Waals surface area contributed by atoms with Gasteiger partial charge < -0.3 is 18.9 Å². The van der Waals surface area contributed by atoms with E-state index in [2.05, 4.69) is 23.1 Å². The Hall–Kier alpha value is -2.14. The van der Waals surface area contributed by atoms with Crippen LogP contribution in [0.15, 0.2) is 0 Å². The van der Waals surface area contributed by atoms with Crippen LogP contribution in [0, 0.1) is 5.41 Å². The summed E-state index contributed by atoms with van der Waals surface area (Å²) in [5, 5.41) is 0. The first-order chi connectivity index (χ1) is 24.1. The van der Waals surface area contributed by atoms with Crippen LogP contribution in [0.3, 0.4) is 0 Å². The lowest BCUT2D eigenvalue weighted by molar-refractivity contribution is -0.474. The van der Waals surface area contributed by atoms with Crippen LogP contribution < -0.4 is 0 Å². The third-order valence-corrected chi connectivity index (χ3v) is 7.11. The quantitative estimate of drug-likeness (QED) is 0.0872. The molecule has 0 atom stereocenters. The van der Waals surface area contributed by atoms with Crippen LogP contribution in [-0.2, 0) is 33.2 Å². The average Bonchev–Trinajstić information content (AvgIpc) is 2.83. The molecule has 0 aliphatic carbocycles. The molecule has 0 saturated heterocycles. The maximum atomic E-state index is 13.5. The summed E-state index contributed by atoms with van der Waals surface area (Å²) in [5.74, 6) is 0. The van der Waals surface area contributed by atoms with Gasteiger partial charge >= 0.3 is 72.4 Å². The van der Waals surface area contributed by atoms with Gasteiger partial charge in [-0.2, -0.15) is 127 Å². The summed E-state index contributed by atoms with van der Waals surface area (Å²) in [6.45, 7) is -18.1. The summed E-state index contributed by atoms with van der Waals surface area (Å²) in [6.07, 6.45) is -73.7. The zero-order valence-electron chi connectivity index (χ0n) is 25.9. The van der Waals surface area contributed by atoms with E-state index in [9.17, 15) is 127 Å². The van der Waals surface area contributed by atoms with Crippen molar-refractivity contribution in [1.29, 1.82) is 0 Å². The highest BCUT2D eigenvalue weighted by Crippen LogP contribution is 2.59. The van der Waals surface area contributed by atoms with Gasteiger partial charge in [0.2, 0.25) is 0 Å². The number of rotatable bonds is 16. The minimum Gasteiger partial charge on any atom is -0.381 e. The lowest BCUT2D eigenvalue weighted by atomic mass is 9.89. The Morgan fingerprint density at radius 2 is 0.571 bits per heavy atom. The molecule has 0 unspecified atom stereocenters. The molecular weight excluding hydrogens is 909 g/mol. The van der Waals surface area contributed by atoms with Gasteiger partial charge in [-0.1, -0.05) is 0 Å². The van der Waals surface area contributed by atoms with E-state index in [1.165, 1.54) is 0 Å². The largest absolute Gasteiger partial charge is 0.435 e. The Kier molecular flexibility index (Phi) is 15.5. The number of alkyl halides is 27. The molecule has 0 bridgehead atoms. The Morgan fingerprint density at radius 3 is 0.750 bits per heavy atom. The van der Waals surface area contributed by atoms with E-state index in [-0.39, 0.29) is 6.26 Å². The zero-order chi connectivity index (χ0) is 45.5. The molecule has 0 N–H and O–H groups in total. The molecule has 7 nitrogen and oxygen atoms in total. The molecule has 0 aromatic rings. The molecule has 56 heavy (non-hydrogen) atoms. The Balaban J connectivity index is 8.30. The highest BCUT2D eigenvalue weighted by atomic mass is 32.2. The van der Waals surface area contributed by atoms with E-state index < -0.39 is 134 Å². The van der Waals surface area contributed by atoms with Gasteiger partial charge in [-0.3, -0.25) is 4.18 Å². The molecule has 0 saturated carbocycles. The standard InChI is InChI=1S/C21H17F27O7S/c1-56(49,50)55-4-2-3-51-5-9(6-52-10(13(22,23)24,14(25,26)27)15(28,29)30,7-53-11(16(31,32)33,17(34,35)36)18(37,38)39)8-54-12(19(40,41)42,20(43,44)45)21(46,47)48/h2-8H2,1H3. The summed E-state index contributed by atoms with van der Waals surface area (Å²) in [5.41, 5.74) is -29.1. The van der Waals surface area contributed by atoms with Crippen molar-refractivity contribution >= 4 is 10.1 Å². The van der Waals surface area contributed by atoms with Gasteiger partial charge in [-0.15, -0.1) is 0 Å². The SMILES string of the molecule is CS(=O)(=O)OCCCOCC(COC(C(F)(F)F)(C(F)(F)F)C(F)(F)F)(COC(C(F)(F)F)(C(F)(F)F)C(F)(F)F)COC(C(F)(F)F)(C(F)(F)F)C(F)(F)F. The molecule has 0 spiro atoms. The zero-order valence-corrected chi connectivity index (χ0v) is 26.7. The molecule has 0 aromatic carbocycles. The van der Waals surface area contributed by atoms with Gasteiger partial charge in [0, 0.05) is 6.61 Å². The van der Waals surface area contributed by atoms with E-state index in [0.717, 1.165) is 0 Å². The molecule has 0 aromatic heterocycles. The normalized spacial score (nSPS) is 16.1. The number of hydrogen-bond acceptors (Lipinski definition) is 7. The first-order valence-electron chi connectivity index (χ1n) is 13.0. The predicted octanol–water partition coefficient (Wildman–Crippen LogP) is 8.68. The molecular formula is C21H17F27O7S. The van der Waals surface area contributed by atoms with E-state index in [4.69, 9.17) is 0 Å². The number of hydrogen-bond donors (Lipinski definition) is 0. The van der Waals surface area contributed by atoms with Crippen LogP contribution in [0.1, 0.15) is 6.42 Å². The smallest absolute Gasteiger partial charge is 0.381 e. The summed E-state index contributed by atoms with van der Waals surface area (Å²) < 4.78 is 403. The van der Waals surface area contributed by atoms with Crippen LogP contribution >= 0.6 is 0 Å². The van der Waals surface area contributed by atoms with Crippen LogP contribution in [-0.4, -0.2) is 127 Å². The number of ether oxygens (including phenoxy) is 4. The van der Waals surface area contributed by atoms with Crippen molar-refractivity contribution in [3.63, 3.8) is 0 Å². The maximum Gasteiger partial charge on any atom is 0.435 e. The van der Waals surface area contributed by atoms with Crippen LogP contribution in [0.25, 0.3) is 0 Å². The van der Waals surface area contributed by atoms with Crippen molar-refractivity contribution in [2.45, 2.75) is 78.8 Å². The lowest BCUT2D eigenvalue weighted by Crippen LogP contribution is -2.71. The van der Waals surface area contributed by atoms with Crippen LogP contribution in [0.2, 0.25) is 0 Å². The van der Waals surface area contributed by atoms with Gasteiger partial charge in [0.1, 0.15) is 0 Å². The monoisotopic (exact) mass is 926 g/mol. The van der Waals surface area contributed by atoms with Gasteiger partial charge in [-0.25, -0.2) is 0 Å². The van der Waals surface area contributed by atoms with Crippen LogP contribution in [0.5, 0.6) is 0 Å². The fourth-order valence-electron chi connectivity index (χ4n) is 3.88. The second kappa shape index (κ2) is 16.1. The Morgan fingerprint density at radius 1 is 0.357 bits per heavy atom. The van der Waals surface area contributed by atoms with Gasteiger partial charge in [0.05, 0.1) is 44.7 Å². The summed E-state index contributed by atoms with van der Waals surface area (Å²) in [4.78, 5) is 0. The summed E-state index contributed by atoms with van der Waals surface area (Å²) in [6, 6.07) is 0. The topological polar surface area (TPSA) is 80.3 Å². The fraction of sp³-hybridized carbons (Fsp3) is 1.00. The summed E-state index contributed by atoms with van der Waals surface area (Å²) >= 11 is 0. The van der Waals surface area contributed by atoms with Gasteiger partial charge in [0.25, 0.3) is 10.1 Å². The average molecular weight is 926 g/mol. The van der Waals surface area contributed by atoms with Crippen LogP contribution in [0.4, 0.5) is 119 Å².